The fraction of sp³-hybridized carbons (Fsp3) is 0.615. The van der Waals surface area contributed by atoms with E-state index < -0.39 is 41.6 Å². The van der Waals surface area contributed by atoms with Crippen molar-refractivity contribution < 1.29 is 34.1 Å². The highest BCUT2D eigenvalue weighted by atomic mass is 16.5. The topological polar surface area (TPSA) is 177 Å². The van der Waals surface area contributed by atoms with Gasteiger partial charge in [-0.15, -0.1) is 0 Å². The molecule has 1 aliphatic rings. The van der Waals surface area contributed by atoms with Crippen molar-refractivity contribution in [2.24, 2.45) is 17.3 Å². The van der Waals surface area contributed by atoms with Gasteiger partial charge in [-0.3, -0.25) is 20.0 Å². The molecule has 5 N–H and O–H groups in total. The highest BCUT2D eigenvalue weighted by molar-refractivity contribution is 5.88. The number of alkyl carbamates (subject to hydrolysis) is 1. The Morgan fingerprint density at radius 2 is 1.66 bits per heavy atom. The Labute approximate surface area is 314 Å². The number of nitrogens with zero attached hydrogens (tertiary/aromatic N) is 4. The number of aliphatic hydroxyl groups is 2. The van der Waals surface area contributed by atoms with E-state index in [9.17, 15) is 29.4 Å². The van der Waals surface area contributed by atoms with E-state index in [-0.39, 0.29) is 37.6 Å². The molecule has 14 nitrogen and oxygen atoms in total. The van der Waals surface area contributed by atoms with Crippen LogP contribution in [-0.4, -0.2) is 111 Å². The molecule has 1 aliphatic heterocycles. The number of hydrogen-bond donors (Lipinski definition) is 5. The monoisotopic (exact) mass is 739 g/mol. The van der Waals surface area contributed by atoms with E-state index >= 15 is 0 Å². The third-order valence-electron chi connectivity index (χ3n) is 9.61. The van der Waals surface area contributed by atoms with Crippen LogP contribution in [0.25, 0.3) is 0 Å². The minimum Gasteiger partial charge on any atom is -0.453 e. The number of pyridine rings is 1. The molecule has 294 valence electrons. The van der Waals surface area contributed by atoms with Gasteiger partial charge in [0.1, 0.15) is 12.1 Å². The second-order valence-corrected chi connectivity index (χ2v) is 15.4. The number of rotatable bonds is 19. The number of carbonyl (C=O) groups is 4. The lowest BCUT2D eigenvalue weighted by molar-refractivity contribution is -0.132. The quantitative estimate of drug-likeness (QED) is 0.135. The van der Waals surface area contributed by atoms with Crippen LogP contribution in [0.5, 0.6) is 0 Å². The van der Waals surface area contributed by atoms with Gasteiger partial charge in [-0.25, -0.2) is 14.6 Å². The molecule has 0 saturated carbocycles. The molecule has 1 aromatic heterocycles. The number of urea groups is 1. The minimum atomic E-state index is -1.14. The molecule has 2 aromatic rings. The van der Waals surface area contributed by atoms with Gasteiger partial charge in [-0.05, 0) is 47.8 Å². The average Bonchev–Trinajstić information content (AvgIpc) is 3.47. The average molecular weight is 740 g/mol. The number of hydrazine groups is 1. The number of aromatic nitrogens is 1. The molecule has 3 rings (SSSR count). The first kappa shape index (κ1) is 43.1. The second kappa shape index (κ2) is 20.3. The molecule has 2 heterocycles. The molecule has 1 saturated heterocycles. The van der Waals surface area contributed by atoms with Crippen molar-refractivity contribution >= 4 is 23.9 Å². The molecule has 0 spiro atoms. The maximum absolute atomic E-state index is 14.3. The maximum atomic E-state index is 14.3. The molecule has 1 aromatic carbocycles. The summed E-state index contributed by atoms with van der Waals surface area (Å²) in [6.45, 7) is 14.7. The first-order valence-corrected chi connectivity index (χ1v) is 18.6. The van der Waals surface area contributed by atoms with Crippen LogP contribution < -0.4 is 16.1 Å². The zero-order chi connectivity index (χ0) is 39.3. The van der Waals surface area contributed by atoms with Crippen LogP contribution in [-0.2, 0) is 33.9 Å². The summed E-state index contributed by atoms with van der Waals surface area (Å²) in [5.41, 5.74) is 4.32. The lowest BCUT2D eigenvalue weighted by atomic mass is 9.86. The number of hydrogen-bond acceptors (Lipinski definition) is 9. The van der Waals surface area contributed by atoms with Crippen molar-refractivity contribution in [3.05, 3.63) is 65.5 Å². The number of aliphatic hydroxyl groups excluding tert-OH is 2. The normalized spacial score (nSPS) is 16.3. The van der Waals surface area contributed by atoms with Gasteiger partial charge in [-0.1, -0.05) is 91.3 Å². The second-order valence-electron chi connectivity index (χ2n) is 15.4. The van der Waals surface area contributed by atoms with E-state index in [0.29, 0.717) is 56.2 Å². The number of amides is 5. The molecule has 1 fully saturated rings. The summed E-state index contributed by atoms with van der Waals surface area (Å²) < 4.78 is 4.77. The van der Waals surface area contributed by atoms with E-state index in [1.165, 1.54) is 7.11 Å². The molecule has 5 atom stereocenters. The Bertz CT molecular complexity index is 1490. The number of ether oxygens (including phenoxy) is 1. The largest absolute Gasteiger partial charge is 0.453 e. The summed E-state index contributed by atoms with van der Waals surface area (Å²) in [5.74, 6) is -0.735. The van der Waals surface area contributed by atoms with E-state index in [1.54, 1.807) is 33.0 Å². The van der Waals surface area contributed by atoms with Gasteiger partial charge in [0.25, 0.3) is 5.91 Å². The van der Waals surface area contributed by atoms with E-state index in [0.717, 1.165) is 5.56 Å². The number of methoxy groups -OCH3 is 1. The Balaban J connectivity index is 1.86. The Morgan fingerprint density at radius 3 is 2.26 bits per heavy atom. The molecule has 0 bridgehead atoms. The fourth-order valence-electron chi connectivity index (χ4n) is 6.29. The minimum absolute atomic E-state index is 0.0182. The van der Waals surface area contributed by atoms with Crippen molar-refractivity contribution in [3.63, 3.8) is 0 Å². The van der Waals surface area contributed by atoms with Crippen LogP contribution in [0.2, 0.25) is 0 Å². The fourth-order valence-corrected chi connectivity index (χ4v) is 6.29. The molecule has 0 radical (unpaired) electrons. The Hall–Kier alpha value is -4.27. The van der Waals surface area contributed by atoms with Crippen LogP contribution in [0.1, 0.15) is 78.3 Å². The summed E-state index contributed by atoms with van der Waals surface area (Å²) in [4.78, 5) is 61.6. The standard InChI is InChI=1S/C39H61N7O7/c1-9-27(4)33(46-21-20-44(38(46)52)23-29-16-13-17-30(25-47)40-29)35(49)41-31(22-28-14-11-10-12-15-28)32(48)24-45(19-18-26(2)3)43-36(50)34(39(5,6)7)42-37(51)53-8/h10-17,26-27,31-34,47-48H,9,18-25H2,1-8H3,(H,41,49)(H,42,51)(H,43,50). The van der Waals surface area contributed by atoms with Crippen LogP contribution in [0.3, 0.4) is 0 Å². The van der Waals surface area contributed by atoms with Crippen molar-refractivity contribution in [1.82, 2.24) is 35.9 Å². The van der Waals surface area contributed by atoms with Crippen LogP contribution >= 0.6 is 0 Å². The number of benzene rings is 1. The maximum Gasteiger partial charge on any atom is 0.407 e. The molecular weight excluding hydrogens is 678 g/mol. The van der Waals surface area contributed by atoms with E-state index in [4.69, 9.17) is 4.74 Å². The summed E-state index contributed by atoms with van der Waals surface area (Å²) >= 11 is 0. The highest BCUT2D eigenvalue weighted by Gasteiger charge is 2.41. The molecule has 14 heteroatoms. The molecule has 5 unspecified atom stereocenters. The van der Waals surface area contributed by atoms with Gasteiger partial charge < -0.3 is 35.4 Å². The SMILES string of the molecule is CCC(C)C(C(=O)NC(Cc1ccccc1)C(O)CN(CCC(C)C)NC(=O)C(NC(=O)OC)C(C)(C)C)N1CCN(Cc2cccc(CO)n2)C1=O. The van der Waals surface area contributed by atoms with E-state index in [2.05, 4.69) is 34.9 Å². The molecule has 0 aliphatic carbocycles. The third kappa shape index (κ3) is 13.0. The van der Waals surface area contributed by atoms with Crippen molar-refractivity contribution in [3.8, 4) is 0 Å². The van der Waals surface area contributed by atoms with Gasteiger partial charge in [0.05, 0.1) is 43.8 Å². The van der Waals surface area contributed by atoms with E-state index in [1.807, 2.05) is 65.0 Å². The third-order valence-corrected chi connectivity index (χ3v) is 9.61. The van der Waals surface area contributed by atoms with Crippen LogP contribution in [0.15, 0.2) is 48.5 Å². The zero-order valence-electron chi connectivity index (χ0n) is 32.7. The van der Waals surface area contributed by atoms with Crippen molar-refractivity contribution in [1.29, 1.82) is 0 Å². The first-order chi connectivity index (χ1) is 25.1. The Kier molecular flexibility index (Phi) is 16.5. The smallest absolute Gasteiger partial charge is 0.407 e. The van der Waals surface area contributed by atoms with Gasteiger partial charge >= 0.3 is 12.1 Å². The molecule has 5 amide bonds. The lowest BCUT2D eigenvalue weighted by Crippen LogP contribution is -2.60. The van der Waals surface area contributed by atoms with Crippen LogP contribution in [0.4, 0.5) is 9.59 Å². The number of nitrogens with one attached hydrogen (secondary N) is 3. The van der Waals surface area contributed by atoms with Crippen molar-refractivity contribution in [2.75, 3.05) is 33.3 Å². The summed E-state index contributed by atoms with van der Waals surface area (Å²) in [7, 11) is 1.23. The Morgan fingerprint density at radius 1 is 0.981 bits per heavy atom. The van der Waals surface area contributed by atoms with Gasteiger partial charge in [0.2, 0.25) is 5.91 Å². The van der Waals surface area contributed by atoms with Gasteiger partial charge in [0, 0.05) is 26.2 Å². The van der Waals surface area contributed by atoms with Crippen LogP contribution in [0, 0.1) is 17.3 Å². The predicted octanol–water partition coefficient (Wildman–Crippen LogP) is 3.46. The number of carbonyl (C=O) groups excluding carboxylic acids is 4. The summed E-state index contributed by atoms with van der Waals surface area (Å²) in [6.07, 6.45) is -0.230. The molecular formula is C39H61N7O7. The molecule has 53 heavy (non-hydrogen) atoms. The highest BCUT2D eigenvalue weighted by Crippen LogP contribution is 2.24. The predicted molar refractivity (Wildman–Crippen MR) is 202 cm³/mol. The summed E-state index contributed by atoms with van der Waals surface area (Å²) in [5, 5.41) is 28.8. The van der Waals surface area contributed by atoms with Crippen molar-refractivity contribution in [2.45, 2.75) is 105 Å². The first-order valence-electron chi connectivity index (χ1n) is 18.6. The lowest BCUT2D eigenvalue weighted by Gasteiger charge is -2.36. The van der Waals surface area contributed by atoms with Gasteiger partial charge in [-0.2, -0.15) is 0 Å². The zero-order valence-corrected chi connectivity index (χ0v) is 32.7. The summed E-state index contributed by atoms with van der Waals surface area (Å²) in [6, 6.07) is 12.0. The van der Waals surface area contributed by atoms with Gasteiger partial charge in [0.15, 0.2) is 0 Å².